The molecule has 0 aromatic heterocycles. The lowest BCUT2D eigenvalue weighted by Crippen LogP contribution is -2.37. The molecule has 3 rings (SSSR count). The number of amides is 1. The van der Waals surface area contributed by atoms with E-state index in [4.69, 9.17) is 27.9 Å². The Bertz CT molecular complexity index is 1050. The number of sulfonamides is 1. The van der Waals surface area contributed by atoms with E-state index in [0.717, 1.165) is 5.69 Å². The van der Waals surface area contributed by atoms with Crippen molar-refractivity contribution in [3.05, 3.63) is 52.0 Å². The van der Waals surface area contributed by atoms with Gasteiger partial charge in [0.2, 0.25) is 10.0 Å². The van der Waals surface area contributed by atoms with Crippen molar-refractivity contribution < 1.29 is 17.9 Å². The van der Waals surface area contributed by atoms with E-state index >= 15 is 0 Å². The predicted molar refractivity (Wildman–Crippen MR) is 124 cm³/mol. The molecule has 7 nitrogen and oxygen atoms in total. The van der Waals surface area contributed by atoms with E-state index in [-0.39, 0.29) is 9.92 Å². The van der Waals surface area contributed by atoms with E-state index in [1.165, 1.54) is 16.4 Å². The highest BCUT2D eigenvalue weighted by molar-refractivity contribution is 7.89. The number of nitrogens with one attached hydrogen (secondary N) is 1. The maximum absolute atomic E-state index is 13.0. The molecular weight excluding hydrogens is 461 g/mol. The molecule has 1 heterocycles. The number of nitrogens with zero attached hydrogens (tertiary/aromatic N) is 2. The van der Waals surface area contributed by atoms with Gasteiger partial charge in [0, 0.05) is 31.7 Å². The van der Waals surface area contributed by atoms with Crippen molar-refractivity contribution >= 4 is 50.5 Å². The number of halogens is 2. The number of benzene rings is 2. The number of morpholine rings is 1. The molecule has 0 saturated carbocycles. The molecule has 0 unspecified atom stereocenters. The molecule has 1 N–H and O–H groups in total. The molecule has 0 bridgehead atoms. The maximum Gasteiger partial charge on any atom is 0.255 e. The van der Waals surface area contributed by atoms with Crippen LogP contribution in [0.2, 0.25) is 10.0 Å². The molecule has 0 radical (unpaired) electrons. The molecule has 1 saturated heterocycles. The lowest BCUT2D eigenvalue weighted by atomic mass is 10.2. The number of anilines is 2. The fourth-order valence-electron chi connectivity index (χ4n) is 3.40. The third kappa shape index (κ3) is 5.32. The van der Waals surface area contributed by atoms with Gasteiger partial charge < -0.3 is 15.0 Å². The van der Waals surface area contributed by atoms with Crippen LogP contribution in [0.4, 0.5) is 11.4 Å². The highest BCUT2D eigenvalue weighted by Gasteiger charge is 2.25. The molecule has 1 fully saturated rings. The fourth-order valence-corrected chi connectivity index (χ4v) is 5.18. The third-order valence-corrected chi connectivity index (χ3v) is 7.88. The number of hydrogen-bond donors (Lipinski definition) is 1. The molecule has 168 valence electrons. The summed E-state index contributed by atoms with van der Waals surface area (Å²) >= 11 is 12.0. The summed E-state index contributed by atoms with van der Waals surface area (Å²) in [5.41, 5.74) is 1.46. The van der Waals surface area contributed by atoms with Crippen LogP contribution in [0.25, 0.3) is 0 Å². The summed E-state index contributed by atoms with van der Waals surface area (Å²) in [6.45, 7) is 6.67. The van der Waals surface area contributed by atoms with Crippen LogP contribution in [-0.2, 0) is 14.8 Å². The Kier molecular flexibility index (Phi) is 7.82. The fraction of sp³-hybridized carbons (Fsp3) is 0.381. The molecule has 31 heavy (non-hydrogen) atoms. The van der Waals surface area contributed by atoms with Crippen molar-refractivity contribution in [1.82, 2.24) is 4.31 Å². The average molecular weight is 486 g/mol. The summed E-state index contributed by atoms with van der Waals surface area (Å²) in [6, 6.07) is 9.40. The van der Waals surface area contributed by atoms with Gasteiger partial charge in [-0.1, -0.05) is 37.0 Å². The number of carbonyl (C=O) groups is 1. The minimum atomic E-state index is -3.68. The van der Waals surface area contributed by atoms with E-state index in [9.17, 15) is 13.2 Å². The van der Waals surface area contributed by atoms with Crippen LogP contribution >= 0.6 is 23.2 Å². The molecule has 0 atom stereocenters. The zero-order valence-corrected chi connectivity index (χ0v) is 19.7. The van der Waals surface area contributed by atoms with Gasteiger partial charge in [-0.3, -0.25) is 4.79 Å². The van der Waals surface area contributed by atoms with Crippen LogP contribution in [0.1, 0.15) is 24.2 Å². The van der Waals surface area contributed by atoms with E-state index in [1.54, 1.807) is 38.1 Å². The zero-order valence-electron chi connectivity index (χ0n) is 17.4. The normalized spacial score (nSPS) is 14.7. The Morgan fingerprint density at radius 2 is 1.74 bits per heavy atom. The van der Waals surface area contributed by atoms with Gasteiger partial charge in [-0.15, -0.1) is 0 Å². The van der Waals surface area contributed by atoms with Gasteiger partial charge in [-0.2, -0.15) is 4.31 Å². The molecule has 2 aromatic carbocycles. The monoisotopic (exact) mass is 485 g/mol. The van der Waals surface area contributed by atoms with E-state index < -0.39 is 15.9 Å². The Morgan fingerprint density at radius 1 is 1.06 bits per heavy atom. The highest BCUT2D eigenvalue weighted by Crippen LogP contribution is 2.32. The Hall–Kier alpha value is -1.84. The van der Waals surface area contributed by atoms with Gasteiger partial charge in [-0.25, -0.2) is 8.42 Å². The second-order valence-corrected chi connectivity index (χ2v) is 9.70. The van der Waals surface area contributed by atoms with E-state index in [0.29, 0.717) is 55.7 Å². The highest BCUT2D eigenvalue weighted by atomic mass is 35.5. The van der Waals surface area contributed by atoms with Crippen LogP contribution in [0, 0.1) is 0 Å². The van der Waals surface area contributed by atoms with Gasteiger partial charge >= 0.3 is 0 Å². The number of ether oxygens (including phenoxy) is 1. The minimum Gasteiger partial charge on any atom is -0.378 e. The molecule has 1 aliphatic heterocycles. The molecule has 2 aromatic rings. The summed E-state index contributed by atoms with van der Waals surface area (Å²) < 4.78 is 32.8. The summed E-state index contributed by atoms with van der Waals surface area (Å²) in [5, 5.41) is 3.46. The van der Waals surface area contributed by atoms with Crippen molar-refractivity contribution in [2.75, 3.05) is 49.6 Å². The first-order chi connectivity index (χ1) is 14.8. The van der Waals surface area contributed by atoms with Crippen molar-refractivity contribution in [1.29, 1.82) is 0 Å². The van der Waals surface area contributed by atoms with Gasteiger partial charge in [-0.05, 0) is 36.4 Å². The van der Waals surface area contributed by atoms with Crippen LogP contribution in [0.3, 0.4) is 0 Å². The minimum absolute atomic E-state index is 0.123. The Balaban J connectivity index is 2.01. The maximum atomic E-state index is 13.0. The standard InChI is InChI=1S/C21H25Cl2N3O4S/c1-3-26(4-2)31(28,29)16-6-8-20(25-9-11-30-12-10-25)19(14-16)24-21(27)15-5-7-17(22)18(23)13-15/h5-8,13-14H,3-4,9-12H2,1-2H3,(H,24,27). The predicted octanol–water partition coefficient (Wildman–Crippen LogP) is 4.11. The topological polar surface area (TPSA) is 79.0 Å². The molecule has 0 aliphatic carbocycles. The molecule has 10 heteroatoms. The van der Waals surface area contributed by atoms with Gasteiger partial charge in [0.05, 0.1) is 39.5 Å². The first kappa shape index (κ1) is 23.8. The summed E-state index contributed by atoms with van der Waals surface area (Å²) in [6.07, 6.45) is 0. The van der Waals surface area contributed by atoms with Crippen LogP contribution < -0.4 is 10.2 Å². The van der Waals surface area contributed by atoms with Crippen molar-refractivity contribution in [2.45, 2.75) is 18.7 Å². The second-order valence-electron chi connectivity index (χ2n) is 6.95. The lowest BCUT2D eigenvalue weighted by Gasteiger charge is -2.31. The Morgan fingerprint density at radius 3 is 2.35 bits per heavy atom. The quantitative estimate of drug-likeness (QED) is 0.637. The summed E-state index contributed by atoms with van der Waals surface area (Å²) in [7, 11) is -3.68. The summed E-state index contributed by atoms with van der Waals surface area (Å²) in [5.74, 6) is -0.412. The molecule has 1 amide bonds. The van der Waals surface area contributed by atoms with Gasteiger partial charge in [0.15, 0.2) is 0 Å². The molecular formula is C21H25Cl2N3O4S. The number of hydrogen-bond acceptors (Lipinski definition) is 5. The van der Waals surface area contributed by atoms with E-state index in [2.05, 4.69) is 10.2 Å². The van der Waals surface area contributed by atoms with Crippen molar-refractivity contribution in [3.8, 4) is 0 Å². The molecule has 0 spiro atoms. The van der Waals surface area contributed by atoms with E-state index in [1.807, 2.05) is 0 Å². The van der Waals surface area contributed by atoms with Crippen molar-refractivity contribution in [2.24, 2.45) is 0 Å². The smallest absolute Gasteiger partial charge is 0.255 e. The molecule has 1 aliphatic rings. The zero-order chi connectivity index (χ0) is 22.6. The SMILES string of the molecule is CCN(CC)S(=O)(=O)c1ccc(N2CCOCC2)c(NC(=O)c2ccc(Cl)c(Cl)c2)c1. The van der Waals surface area contributed by atoms with Crippen LogP contribution in [-0.4, -0.2) is 58.0 Å². The third-order valence-electron chi connectivity index (χ3n) is 5.09. The lowest BCUT2D eigenvalue weighted by molar-refractivity contribution is 0.102. The van der Waals surface area contributed by atoms with Gasteiger partial charge in [0.1, 0.15) is 0 Å². The number of carbonyl (C=O) groups excluding carboxylic acids is 1. The average Bonchev–Trinajstić information content (AvgIpc) is 2.76. The van der Waals surface area contributed by atoms with Crippen LogP contribution in [0.15, 0.2) is 41.3 Å². The van der Waals surface area contributed by atoms with Crippen molar-refractivity contribution in [3.63, 3.8) is 0 Å². The first-order valence-corrected chi connectivity index (χ1v) is 12.2. The van der Waals surface area contributed by atoms with Gasteiger partial charge in [0.25, 0.3) is 5.91 Å². The number of rotatable bonds is 7. The second kappa shape index (κ2) is 10.2. The first-order valence-electron chi connectivity index (χ1n) is 10.0. The van der Waals surface area contributed by atoms with Crippen LogP contribution in [0.5, 0.6) is 0 Å². The largest absolute Gasteiger partial charge is 0.378 e. The Labute approximate surface area is 192 Å². The summed E-state index contributed by atoms with van der Waals surface area (Å²) in [4.78, 5) is 15.1.